The number of Topliss-reactive ketones (excluding diaryl/α,β-unsaturated/α-hetero) is 1. The maximum atomic E-state index is 12.3. The molecule has 98 valence electrons. The van der Waals surface area contributed by atoms with Gasteiger partial charge in [-0.05, 0) is 17.7 Å². The zero-order valence-corrected chi connectivity index (χ0v) is 10.3. The maximum Gasteiger partial charge on any atom is 0.280 e. The zero-order valence-electron chi connectivity index (χ0n) is 10.3. The van der Waals surface area contributed by atoms with Gasteiger partial charge in [-0.3, -0.25) is 19.9 Å². The van der Waals surface area contributed by atoms with Crippen LogP contribution >= 0.6 is 0 Å². The van der Waals surface area contributed by atoms with Gasteiger partial charge >= 0.3 is 0 Å². The van der Waals surface area contributed by atoms with Crippen LogP contribution in [0.5, 0.6) is 0 Å². The summed E-state index contributed by atoms with van der Waals surface area (Å²) in [4.78, 5) is 26.5. The van der Waals surface area contributed by atoms with Gasteiger partial charge in [0.2, 0.25) is 0 Å². The first-order chi connectivity index (χ1) is 9.65. The van der Waals surface area contributed by atoms with E-state index >= 15 is 0 Å². The minimum Gasteiger partial charge on any atom is -0.292 e. The van der Waals surface area contributed by atoms with Crippen LogP contribution in [-0.2, 0) is 0 Å². The number of aromatic nitrogens is 1. The number of benzene rings is 1. The molecule has 0 fully saturated rings. The van der Waals surface area contributed by atoms with Crippen molar-refractivity contribution in [3.63, 3.8) is 0 Å². The predicted octanol–water partition coefficient (Wildman–Crippen LogP) is 2.48. The second-order valence-electron chi connectivity index (χ2n) is 3.99. The molecule has 1 atom stereocenters. The summed E-state index contributed by atoms with van der Waals surface area (Å²) >= 11 is 0. The average molecular weight is 267 g/mol. The Morgan fingerprint density at radius 2 is 2.05 bits per heavy atom. The van der Waals surface area contributed by atoms with Crippen molar-refractivity contribution >= 4 is 11.5 Å². The summed E-state index contributed by atoms with van der Waals surface area (Å²) in [5.41, 5.74) is 0.0349. The van der Waals surface area contributed by atoms with Crippen LogP contribution < -0.4 is 0 Å². The van der Waals surface area contributed by atoms with Crippen LogP contribution in [0.4, 0.5) is 5.69 Å². The van der Waals surface area contributed by atoms with E-state index in [0.717, 1.165) is 0 Å². The highest BCUT2D eigenvalue weighted by Crippen LogP contribution is 2.25. The number of para-hydroxylation sites is 1. The first-order valence-corrected chi connectivity index (χ1v) is 5.72. The Morgan fingerprint density at radius 3 is 2.65 bits per heavy atom. The van der Waals surface area contributed by atoms with Crippen molar-refractivity contribution in [2.24, 2.45) is 0 Å². The Balaban J connectivity index is 2.46. The number of rotatable bonds is 4. The van der Waals surface area contributed by atoms with E-state index < -0.39 is 16.6 Å². The monoisotopic (exact) mass is 267 g/mol. The molecule has 2 rings (SSSR count). The fourth-order valence-corrected chi connectivity index (χ4v) is 1.83. The Hall–Kier alpha value is -3.07. The number of pyridine rings is 1. The molecule has 6 heteroatoms. The second kappa shape index (κ2) is 5.71. The molecule has 0 radical (unpaired) electrons. The number of carbonyl (C=O) groups is 1. The molecular formula is C14H9N3O3. The minimum absolute atomic E-state index is 0.0760. The number of hydrogen-bond acceptors (Lipinski definition) is 5. The number of nitriles is 1. The lowest BCUT2D eigenvalue weighted by molar-refractivity contribution is -0.385. The summed E-state index contributed by atoms with van der Waals surface area (Å²) in [7, 11) is 0. The second-order valence-corrected chi connectivity index (χ2v) is 3.99. The van der Waals surface area contributed by atoms with E-state index in [0.29, 0.717) is 5.56 Å². The van der Waals surface area contributed by atoms with Gasteiger partial charge in [0.1, 0.15) is 5.92 Å². The van der Waals surface area contributed by atoms with Gasteiger partial charge in [0, 0.05) is 18.5 Å². The zero-order chi connectivity index (χ0) is 14.5. The predicted molar refractivity (Wildman–Crippen MR) is 70.0 cm³/mol. The first kappa shape index (κ1) is 13.4. The normalized spacial score (nSPS) is 11.3. The highest BCUT2D eigenvalue weighted by Gasteiger charge is 2.27. The Bertz CT molecular complexity index is 692. The summed E-state index contributed by atoms with van der Waals surface area (Å²) in [6.45, 7) is 0. The van der Waals surface area contributed by atoms with E-state index in [-0.39, 0.29) is 11.3 Å². The molecule has 0 bridgehead atoms. The molecule has 1 aromatic carbocycles. The van der Waals surface area contributed by atoms with E-state index in [4.69, 9.17) is 0 Å². The molecule has 0 aliphatic carbocycles. The van der Waals surface area contributed by atoms with Gasteiger partial charge < -0.3 is 0 Å². The van der Waals surface area contributed by atoms with Crippen LogP contribution in [-0.4, -0.2) is 15.7 Å². The molecule has 2 aromatic rings. The van der Waals surface area contributed by atoms with Crippen molar-refractivity contribution in [3.8, 4) is 6.07 Å². The van der Waals surface area contributed by atoms with Crippen molar-refractivity contribution in [1.29, 1.82) is 5.26 Å². The van der Waals surface area contributed by atoms with Gasteiger partial charge in [0.05, 0.1) is 16.6 Å². The number of nitrogens with zero attached hydrogens (tertiary/aromatic N) is 3. The van der Waals surface area contributed by atoms with Crippen molar-refractivity contribution in [2.45, 2.75) is 5.92 Å². The van der Waals surface area contributed by atoms with E-state index in [1.54, 1.807) is 12.1 Å². The van der Waals surface area contributed by atoms with E-state index in [9.17, 15) is 20.2 Å². The quantitative estimate of drug-likeness (QED) is 0.481. The third-order valence-electron chi connectivity index (χ3n) is 2.78. The molecule has 0 saturated heterocycles. The molecule has 1 aromatic heterocycles. The van der Waals surface area contributed by atoms with Crippen LogP contribution in [0, 0.1) is 21.4 Å². The van der Waals surface area contributed by atoms with Gasteiger partial charge in [-0.15, -0.1) is 0 Å². The van der Waals surface area contributed by atoms with E-state index in [1.807, 2.05) is 6.07 Å². The summed E-state index contributed by atoms with van der Waals surface area (Å²) in [5, 5.41) is 20.1. The maximum absolute atomic E-state index is 12.3. The van der Waals surface area contributed by atoms with Gasteiger partial charge in [-0.1, -0.05) is 18.2 Å². The summed E-state index contributed by atoms with van der Waals surface area (Å²) in [6.07, 6.45) is 2.92. The summed E-state index contributed by atoms with van der Waals surface area (Å²) in [6, 6.07) is 10.7. The molecule has 0 N–H and O–H groups in total. The van der Waals surface area contributed by atoms with Crippen LogP contribution in [0.1, 0.15) is 21.8 Å². The van der Waals surface area contributed by atoms with Gasteiger partial charge in [-0.2, -0.15) is 5.26 Å². The third kappa shape index (κ3) is 2.52. The van der Waals surface area contributed by atoms with E-state index in [1.165, 1.54) is 36.7 Å². The largest absolute Gasteiger partial charge is 0.292 e. The van der Waals surface area contributed by atoms with Crippen molar-refractivity contribution in [2.75, 3.05) is 0 Å². The topological polar surface area (TPSA) is 96.9 Å². The Morgan fingerprint density at radius 1 is 1.30 bits per heavy atom. The number of carbonyl (C=O) groups excluding carboxylic acids is 1. The fourth-order valence-electron chi connectivity index (χ4n) is 1.83. The van der Waals surface area contributed by atoms with Gasteiger partial charge in [0.25, 0.3) is 5.69 Å². The molecule has 1 unspecified atom stereocenters. The van der Waals surface area contributed by atoms with Crippen molar-refractivity contribution in [1.82, 2.24) is 4.98 Å². The molecule has 0 spiro atoms. The molecule has 0 aliphatic rings. The van der Waals surface area contributed by atoms with Crippen molar-refractivity contribution < 1.29 is 9.72 Å². The Kier molecular flexibility index (Phi) is 3.82. The number of nitro groups is 1. The molecule has 0 saturated carbocycles. The van der Waals surface area contributed by atoms with Gasteiger partial charge in [0.15, 0.2) is 5.78 Å². The number of nitro benzene ring substituents is 1. The summed E-state index contributed by atoms with van der Waals surface area (Å²) < 4.78 is 0. The molecule has 6 nitrogen and oxygen atoms in total. The SMILES string of the molecule is N#CC(C(=O)c1ccccc1[N+](=O)[O-])c1cccnc1. The standard InChI is InChI=1S/C14H9N3O3/c15-8-12(10-4-3-7-16-9-10)14(18)11-5-1-2-6-13(11)17(19)20/h1-7,9,12H. The van der Waals surface area contributed by atoms with E-state index in [2.05, 4.69) is 4.98 Å². The van der Waals surface area contributed by atoms with Crippen LogP contribution in [0.25, 0.3) is 0 Å². The van der Waals surface area contributed by atoms with Crippen LogP contribution in [0.2, 0.25) is 0 Å². The lowest BCUT2D eigenvalue weighted by Gasteiger charge is -2.08. The Labute approximate surface area is 114 Å². The minimum atomic E-state index is -1.11. The number of hydrogen-bond donors (Lipinski definition) is 0. The summed E-state index contributed by atoms with van der Waals surface area (Å²) in [5.74, 6) is -1.71. The lowest BCUT2D eigenvalue weighted by atomic mass is 9.92. The average Bonchev–Trinajstić information content (AvgIpc) is 2.49. The number of ketones is 1. The first-order valence-electron chi connectivity index (χ1n) is 5.72. The third-order valence-corrected chi connectivity index (χ3v) is 2.78. The highest BCUT2D eigenvalue weighted by atomic mass is 16.6. The molecule has 20 heavy (non-hydrogen) atoms. The molecule has 0 amide bonds. The van der Waals surface area contributed by atoms with Gasteiger partial charge in [-0.25, -0.2) is 0 Å². The molecular weight excluding hydrogens is 258 g/mol. The lowest BCUT2D eigenvalue weighted by Crippen LogP contribution is -2.13. The van der Waals surface area contributed by atoms with Crippen LogP contribution in [0.15, 0.2) is 48.8 Å². The fraction of sp³-hybridized carbons (Fsp3) is 0.0714. The van der Waals surface area contributed by atoms with Crippen LogP contribution in [0.3, 0.4) is 0 Å². The van der Waals surface area contributed by atoms with Crippen molar-refractivity contribution in [3.05, 3.63) is 70.0 Å². The highest BCUT2D eigenvalue weighted by molar-refractivity contribution is 6.05. The molecule has 0 aliphatic heterocycles. The smallest absolute Gasteiger partial charge is 0.280 e. The molecule has 1 heterocycles.